The van der Waals surface area contributed by atoms with Gasteiger partial charge in [-0.1, -0.05) is 23.2 Å². The van der Waals surface area contributed by atoms with Crippen LogP contribution in [-0.4, -0.2) is 11.1 Å². The van der Waals surface area contributed by atoms with Gasteiger partial charge in [-0.3, -0.25) is 0 Å². The molecule has 1 N–H and O–H groups in total. The number of hydrogen-bond donors (Lipinski definition) is 1. The maximum absolute atomic E-state index is 10.5. The van der Waals surface area contributed by atoms with E-state index in [2.05, 4.69) is 0 Å². The van der Waals surface area contributed by atoms with Gasteiger partial charge in [-0.05, 0) is 12.1 Å². The number of nitriles is 1. The minimum Gasteiger partial charge on any atom is -0.478 e. The summed E-state index contributed by atoms with van der Waals surface area (Å²) in [5.41, 5.74) is 0.0116. The number of aromatic carboxylic acids is 1. The number of hydrogen-bond acceptors (Lipinski definition) is 2. The van der Waals surface area contributed by atoms with E-state index in [0.717, 1.165) is 0 Å². The highest BCUT2D eigenvalue weighted by Gasteiger charge is 2.10. The number of carboxylic acid groups (broad SMARTS) is 1. The minimum atomic E-state index is -1.14. The van der Waals surface area contributed by atoms with Crippen LogP contribution in [0.4, 0.5) is 0 Å². The Labute approximate surface area is 84.1 Å². The molecule has 0 atom stereocenters. The van der Waals surface area contributed by atoms with E-state index in [0.29, 0.717) is 0 Å². The lowest BCUT2D eigenvalue weighted by molar-refractivity contribution is 0.0697. The lowest BCUT2D eigenvalue weighted by Crippen LogP contribution is -1.97. The summed E-state index contributed by atoms with van der Waals surface area (Å²) in [5.74, 6) is -1.14. The standard InChI is InChI=1S/C8H3Cl2NO2/c9-6-2-4(8(12)13)1-5(3-11)7(6)10/h1-2H,(H,12,13). The predicted octanol–water partition coefficient (Wildman–Crippen LogP) is 2.56. The van der Waals surface area contributed by atoms with E-state index >= 15 is 0 Å². The fourth-order valence-corrected chi connectivity index (χ4v) is 1.16. The number of carboxylic acids is 1. The molecule has 5 heteroatoms. The smallest absolute Gasteiger partial charge is 0.335 e. The zero-order chi connectivity index (χ0) is 10.0. The van der Waals surface area contributed by atoms with Crippen LogP contribution in [0.1, 0.15) is 15.9 Å². The summed E-state index contributed by atoms with van der Waals surface area (Å²) in [7, 11) is 0. The molecule has 0 aliphatic rings. The van der Waals surface area contributed by atoms with E-state index in [-0.39, 0.29) is 21.2 Å². The van der Waals surface area contributed by atoms with Gasteiger partial charge in [-0.15, -0.1) is 0 Å². The minimum absolute atomic E-state index is 0.0500. The van der Waals surface area contributed by atoms with Crippen molar-refractivity contribution in [3.05, 3.63) is 33.3 Å². The lowest BCUT2D eigenvalue weighted by Gasteiger charge is -2.00. The highest BCUT2D eigenvalue weighted by Crippen LogP contribution is 2.26. The van der Waals surface area contributed by atoms with Crippen molar-refractivity contribution < 1.29 is 9.90 Å². The van der Waals surface area contributed by atoms with Gasteiger partial charge in [0.15, 0.2) is 0 Å². The van der Waals surface area contributed by atoms with Crippen molar-refractivity contribution in [3.63, 3.8) is 0 Å². The molecule has 0 aliphatic carbocycles. The molecule has 3 nitrogen and oxygen atoms in total. The van der Waals surface area contributed by atoms with E-state index in [1.165, 1.54) is 12.1 Å². The number of nitrogens with zero attached hydrogens (tertiary/aromatic N) is 1. The van der Waals surface area contributed by atoms with E-state index in [1.807, 2.05) is 0 Å². The number of halogens is 2. The molecule has 0 radical (unpaired) electrons. The van der Waals surface area contributed by atoms with Crippen molar-refractivity contribution in [2.24, 2.45) is 0 Å². The maximum atomic E-state index is 10.5. The molecule has 0 fully saturated rings. The maximum Gasteiger partial charge on any atom is 0.335 e. The van der Waals surface area contributed by atoms with Gasteiger partial charge in [-0.2, -0.15) is 5.26 Å². The average Bonchev–Trinajstić information content (AvgIpc) is 2.09. The molecule has 1 rings (SSSR count). The molecule has 0 saturated carbocycles. The summed E-state index contributed by atoms with van der Waals surface area (Å²) in [4.78, 5) is 10.5. The monoisotopic (exact) mass is 215 g/mol. The second-order valence-corrected chi connectivity index (χ2v) is 3.02. The quantitative estimate of drug-likeness (QED) is 0.784. The molecule has 0 spiro atoms. The SMILES string of the molecule is N#Cc1cc(C(=O)O)cc(Cl)c1Cl. The summed E-state index contributed by atoms with van der Waals surface area (Å²) >= 11 is 11.2. The van der Waals surface area contributed by atoms with Crippen molar-refractivity contribution in [1.82, 2.24) is 0 Å². The largest absolute Gasteiger partial charge is 0.478 e. The summed E-state index contributed by atoms with van der Waals surface area (Å²) in [6.07, 6.45) is 0. The zero-order valence-electron chi connectivity index (χ0n) is 6.21. The molecule has 0 saturated heterocycles. The molecular formula is C8H3Cl2NO2. The Kier molecular flexibility index (Phi) is 2.76. The predicted molar refractivity (Wildman–Crippen MR) is 48.1 cm³/mol. The van der Waals surface area contributed by atoms with Gasteiger partial charge in [0.1, 0.15) is 6.07 Å². The Morgan fingerprint density at radius 1 is 1.46 bits per heavy atom. The Morgan fingerprint density at radius 2 is 2.08 bits per heavy atom. The van der Waals surface area contributed by atoms with Crippen LogP contribution in [0.5, 0.6) is 0 Å². The molecule has 0 amide bonds. The van der Waals surface area contributed by atoms with Gasteiger partial charge in [0, 0.05) is 0 Å². The van der Waals surface area contributed by atoms with Crippen LogP contribution in [0.2, 0.25) is 10.0 Å². The Hall–Kier alpha value is -1.24. The normalized spacial score (nSPS) is 9.31. The van der Waals surface area contributed by atoms with Crippen molar-refractivity contribution in [2.45, 2.75) is 0 Å². The molecule has 0 unspecified atom stereocenters. The van der Waals surface area contributed by atoms with Gasteiger partial charge in [0.2, 0.25) is 0 Å². The van der Waals surface area contributed by atoms with Crippen LogP contribution >= 0.6 is 23.2 Å². The highest BCUT2D eigenvalue weighted by molar-refractivity contribution is 6.42. The topological polar surface area (TPSA) is 61.1 Å². The second kappa shape index (κ2) is 3.65. The lowest BCUT2D eigenvalue weighted by atomic mass is 10.1. The summed E-state index contributed by atoms with van der Waals surface area (Å²) < 4.78 is 0. The van der Waals surface area contributed by atoms with Crippen molar-refractivity contribution in [1.29, 1.82) is 5.26 Å². The fourth-order valence-electron chi connectivity index (χ4n) is 0.794. The van der Waals surface area contributed by atoms with Crippen molar-refractivity contribution in [3.8, 4) is 6.07 Å². The first kappa shape index (κ1) is 9.85. The Morgan fingerprint density at radius 3 is 2.54 bits per heavy atom. The van der Waals surface area contributed by atoms with Crippen LogP contribution in [0.3, 0.4) is 0 Å². The van der Waals surface area contributed by atoms with Crippen LogP contribution in [0.15, 0.2) is 12.1 Å². The first-order valence-electron chi connectivity index (χ1n) is 3.18. The molecule has 0 aromatic heterocycles. The summed E-state index contributed by atoms with van der Waals surface area (Å²) in [6, 6.07) is 4.13. The van der Waals surface area contributed by atoms with E-state index < -0.39 is 5.97 Å². The average molecular weight is 216 g/mol. The third-order valence-electron chi connectivity index (χ3n) is 1.40. The molecule has 0 heterocycles. The Bertz CT molecular complexity index is 409. The molecule has 0 aliphatic heterocycles. The number of carbonyl (C=O) groups is 1. The summed E-state index contributed by atoms with van der Waals surface area (Å²) in [5, 5.41) is 17.3. The van der Waals surface area contributed by atoms with Gasteiger partial charge >= 0.3 is 5.97 Å². The zero-order valence-corrected chi connectivity index (χ0v) is 7.73. The van der Waals surface area contributed by atoms with Gasteiger partial charge in [0.05, 0.1) is 21.2 Å². The fraction of sp³-hybridized carbons (Fsp3) is 0. The van der Waals surface area contributed by atoms with Crippen molar-refractivity contribution >= 4 is 29.2 Å². The highest BCUT2D eigenvalue weighted by atomic mass is 35.5. The molecule has 13 heavy (non-hydrogen) atoms. The third-order valence-corrected chi connectivity index (χ3v) is 2.20. The van der Waals surface area contributed by atoms with Gasteiger partial charge < -0.3 is 5.11 Å². The number of benzene rings is 1. The van der Waals surface area contributed by atoms with E-state index in [4.69, 9.17) is 33.6 Å². The molecule has 66 valence electrons. The van der Waals surface area contributed by atoms with Gasteiger partial charge in [-0.25, -0.2) is 4.79 Å². The number of rotatable bonds is 1. The first-order valence-corrected chi connectivity index (χ1v) is 3.94. The summed E-state index contributed by atoms with van der Waals surface area (Å²) in [6.45, 7) is 0. The van der Waals surface area contributed by atoms with E-state index in [9.17, 15) is 4.79 Å². The van der Waals surface area contributed by atoms with Crippen LogP contribution in [0.25, 0.3) is 0 Å². The second-order valence-electron chi connectivity index (χ2n) is 2.24. The Balaban J connectivity index is 3.41. The van der Waals surface area contributed by atoms with Crippen LogP contribution < -0.4 is 0 Å². The molecular weight excluding hydrogens is 213 g/mol. The van der Waals surface area contributed by atoms with Crippen LogP contribution in [0, 0.1) is 11.3 Å². The van der Waals surface area contributed by atoms with Gasteiger partial charge in [0.25, 0.3) is 0 Å². The first-order chi connectivity index (χ1) is 6.06. The van der Waals surface area contributed by atoms with E-state index in [1.54, 1.807) is 6.07 Å². The molecule has 1 aromatic rings. The van der Waals surface area contributed by atoms with Crippen LogP contribution in [-0.2, 0) is 0 Å². The molecule has 0 bridgehead atoms. The van der Waals surface area contributed by atoms with Crippen molar-refractivity contribution in [2.75, 3.05) is 0 Å². The third kappa shape index (κ3) is 1.92. The molecule has 1 aromatic carbocycles.